The van der Waals surface area contributed by atoms with Crippen LogP contribution in [0.2, 0.25) is 0 Å². The highest BCUT2D eigenvalue weighted by atomic mass is 15.1. The third-order valence-corrected chi connectivity index (χ3v) is 3.56. The van der Waals surface area contributed by atoms with Crippen LogP contribution in [0, 0.1) is 11.3 Å². The monoisotopic (exact) mass is 231 g/mol. The number of fused-ring (bicyclic) bond motifs is 1. The van der Waals surface area contributed by atoms with Gasteiger partial charge in [-0.05, 0) is 23.5 Å². The quantitative estimate of drug-likeness (QED) is 0.846. The van der Waals surface area contributed by atoms with Crippen molar-refractivity contribution in [1.82, 2.24) is 10.2 Å². The van der Waals surface area contributed by atoms with Gasteiger partial charge in [-0.2, -0.15) is 5.10 Å². The number of rotatable bonds is 3. The van der Waals surface area contributed by atoms with Gasteiger partial charge >= 0.3 is 0 Å². The zero-order chi connectivity index (χ0) is 12.5. The Morgan fingerprint density at radius 2 is 2.12 bits per heavy atom. The first-order valence-corrected chi connectivity index (χ1v) is 6.14. The summed E-state index contributed by atoms with van der Waals surface area (Å²) in [7, 11) is 0. The Balaban J connectivity index is 2.12. The standard InChI is InChI=1S/C14H21N3/c1-10(14(2,3)4)8-15-12-6-5-7-13-11(12)9-16-17-13/h5-7,9-10,15H,8H2,1-4H3,(H,16,17). The molecule has 0 radical (unpaired) electrons. The number of nitrogens with one attached hydrogen (secondary N) is 2. The van der Waals surface area contributed by atoms with Crippen molar-refractivity contribution in [3.05, 3.63) is 24.4 Å². The van der Waals surface area contributed by atoms with Gasteiger partial charge < -0.3 is 5.32 Å². The minimum atomic E-state index is 0.331. The van der Waals surface area contributed by atoms with E-state index in [9.17, 15) is 0 Å². The first-order chi connectivity index (χ1) is 7.98. The van der Waals surface area contributed by atoms with Crippen molar-refractivity contribution in [2.45, 2.75) is 27.7 Å². The topological polar surface area (TPSA) is 40.7 Å². The van der Waals surface area contributed by atoms with Gasteiger partial charge in [-0.1, -0.05) is 33.8 Å². The molecule has 92 valence electrons. The fourth-order valence-electron chi connectivity index (χ4n) is 1.69. The number of nitrogens with zero attached hydrogens (tertiary/aromatic N) is 1. The molecule has 0 amide bonds. The van der Waals surface area contributed by atoms with Crippen molar-refractivity contribution in [1.29, 1.82) is 0 Å². The maximum atomic E-state index is 4.07. The molecule has 3 heteroatoms. The first kappa shape index (κ1) is 12.0. The summed E-state index contributed by atoms with van der Waals surface area (Å²) in [6.07, 6.45) is 1.87. The fraction of sp³-hybridized carbons (Fsp3) is 0.500. The van der Waals surface area contributed by atoms with Crippen LogP contribution in [0.3, 0.4) is 0 Å². The molecule has 17 heavy (non-hydrogen) atoms. The summed E-state index contributed by atoms with van der Waals surface area (Å²) >= 11 is 0. The maximum Gasteiger partial charge on any atom is 0.0671 e. The van der Waals surface area contributed by atoms with Gasteiger partial charge in [0.05, 0.1) is 11.7 Å². The molecule has 1 heterocycles. The molecule has 3 nitrogen and oxygen atoms in total. The van der Waals surface area contributed by atoms with E-state index in [1.165, 1.54) is 0 Å². The summed E-state index contributed by atoms with van der Waals surface area (Å²) in [4.78, 5) is 0. The molecular weight excluding hydrogens is 210 g/mol. The Hall–Kier alpha value is -1.51. The van der Waals surface area contributed by atoms with Crippen LogP contribution in [0.1, 0.15) is 27.7 Å². The summed E-state index contributed by atoms with van der Waals surface area (Å²) in [6.45, 7) is 10.1. The number of aromatic nitrogens is 2. The molecule has 0 aliphatic heterocycles. The molecule has 0 aliphatic rings. The van der Waals surface area contributed by atoms with E-state index in [2.05, 4.69) is 49.3 Å². The van der Waals surface area contributed by atoms with E-state index in [1.54, 1.807) is 0 Å². The molecule has 0 saturated heterocycles. The van der Waals surface area contributed by atoms with Gasteiger partial charge in [0.1, 0.15) is 0 Å². The smallest absolute Gasteiger partial charge is 0.0671 e. The molecular formula is C14H21N3. The molecule has 0 bridgehead atoms. The van der Waals surface area contributed by atoms with E-state index in [4.69, 9.17) is 0 Å². The van der Waals surface area contributed by atoms with E-state index >= 15 is 0 Å². The number of anilines is 1. The molecule has 0 spiro atoms. The van der Waals surface area contributed by atoms with Crippen molar-refractivity contribution >= 4 is 16.6 Å². The molecule has 1 aromatic carbocycles. The Bertz CT molecular complexity index is 493. The van der Waals surface area contributed by atoms with E-state index < -0.39 is 0 Å². The third kappa shape index (κ3) is 2.60. The number of benzene rings is 1. The number of hydrogen-bond acceptors (Lipinski definition) is 2. The van der Waals surface area contributed by atoms with Crippen molar-refractivity contribution in [2.75, 3.05) is 11.9 Å². The van der Waals surface area contributed by atoms with E-state index in [1.807, 2.05) is 18.3 Å². The second kappa shape index (κ2) is 4.40. The van der Waals surface area contributed by atoms with Crippen LogP contribution in [0.15, 0.2) is 24.4 Å². The Labute approximate surface area is 103 Å². The Morgan fingerprint density at radius 1 is 1.35 bits per heavy atom. The van der Waals surface area contributed by atoms with Crippen molar-refractivity contribution in [2.24, 2.45) is 11.3 Å². The van der Waals surface area contributed by atoms with Crippen LogP contribution in [-0.4, -0.2) is 16.7 Å². The number of aromatic amines is 1. The van der Waals surface area contributed by atoms with Crippen LogP contribution < -0.4 is 5.32 Å². The van der Waals surface area contributed by atoms with Gasteiger partial charge in [0.2, 0.25) is 0 Å². The first-order valence-electron chi connectivity index (χ1n) is 6.14. The average molecular weight is 231 g/mol. The third-order valence-electron chi connectivity index (χ3n) is 3.56. The van der Waals surface area contributed by atoms with Crippen molar-refractivity contribution in [3.63, 3.8) is 0 Å². The molecule has 2 N–H and O–H groups in total. The molecule has 1 aromatic heterocycles. The van der Waals surface area contributed by atoms with Gasteiger partial charge in [-0.25, -0.2) is 0 Å². The van der Waals surface area contributed by atoms with Crippen LogP contribution in [-0.2, 0) is 0 Å². The molecule has 1 unspecified atom stereocenters. The van der Waals surface area contributed by atoms with Crippen LogP contribution in [0.4, 0.5) is 5.69 Å². The normalized spacial score (nSPS) is 13.9. The van der Waals surface area contributed by atoms with Gasteiger partial charge in [-0.3, -0.25) is 5.10 Å². The summed E-state index contributed by atoms with van der Waals surface area (Å²) in [5, 5.41) is 11.7. The van der Waals surface area contributed by atoms with Crippen molar-refractivity contribution < 1.29 is 0 Å². The summed E-state index contributed by atoms with van der Waals surface area (Å²) in [6, 6.07) is 6.19. The SMILES string of the molecule is CC(CNc1cccc2[nH]ncc12)C(C)(C)C. The second-order valence-corrected chi connectivity index (χ2v) is 5.78. The van der Waals surface area contributed by atoms with E-state index in [0.717, 1.165) is 23.1 Å². The molecule has 2 rings (SSSR count). The van der Waals surface area contributed by atoms with E-state index in [-0.39, 0.29) is 0 Å². The second-order valence-electron chi connectivity index (χ2n) is 5.78. The molecule has 1 atom stereocenters. The highest BCUT2D eigenvalue weighted by Crippen LogP contribution is 2.27. The van der Waals surface area contributed by atoms with Crippen LogP contribution >= 0.6 is 0 Å². The molecule has 2 aromatic rings. The predicted octanol–water partition coefficient (Wildman–Crippen LogP) is 3.66. The minimum absolute atomic E-state index is 0.331. The van der Waals surface area contributed by atoms with Crippen LogP contribution in [0.25, 0.3) is 10.9 Å². The zero-order valence-corrected chi connectivity index (χ0v) is 11.0. The largest absolute Gasteiger partial charge is 0.384 e. The van der Waals surface area contributed by atoms with Gasteiger partial charge in [0.25, 0.3) is 0 Å². The maximum absolute atomic E-state index is 4.07. The lowest BCUT2D eigenvalue weighted by Gasteiger charge is -2.27. The van der Waals surface area contributed by atoms with Gasteiger partial charge in [0.15, 0.2) is 0 Å². The molecule has 0 aliphatic carbocycles. The van der Waals surface area contributed by atoms with Gasteiger partial charge in [-0.15, -0.1) is 0 Å². The number of hydrogen-bond donors (Lipinski definition) is 2. The lowest BCUT2D eigenvalue weighted by atomic mass is 9.82. The average Bonchev–Trinajstić information content (AvgIpc) is 2.72. The number of H-pyrrole nitrogens is 1. The predicted molar refractivity (Wildman–Crippen MR) is 73.2 cm³/mol. The minimum Gasteiger partial charge on any atom is -0.384 e. The Morgan fingerprint density at radius 3 is 2.82 bits per heavy atom. The summed E-state index contributed by atoms with van der Waals surface area (Å²) in [5.74, 6) is 0.615. The van der Waals surface area contributed by atoms with Crippen molar-refractivity contribution in [3.8, 4) is 0 Å². The van der Waals surface area contributed by atoms with Crippen LogP contribution in [0.5, 0.6) is 0 Å². The zero-order valence-electron chi connectivity index (χ0n) is 11.0. The molecule has 0 fully saturated rings. The fourth-order valence-corrected chi connectivity index (χ4v) is 1.69. The lowest BCUT2D eigenvalue weighted by molar-refractivity contribution is 0.275. The van der Waals surface area contributed by atoms with Gasteiger partial charge in [0, 0.05) is 17.6 Å². The highest BCUT2D eigenvalue weighted by Gasteiger charge is 2.19. The summed E-state index contributed by atoms with van der Waals surface area (Å²) < 4.78 is 0. The molecule has 0 saturated carbocycles. The Kier molecular flexibility index (Phi) is 3.09. The highest BCUT2D eigenvalue weighted by molar-refractivity contribution is 5.90. The van der Waals surface area contributed by atoms with E-state index in [0.29, 0.717) is 11.3 Å². The summed E-state index contributed by atoms with van der Waals surface area (Å²) in [5.41, 5.74) is 2.57. The lowest BCUT2D eigenvalue weighted by Crippen LogP contribution is -2.24.